The second-order valence-corrected chi connectivity index (χ2v) is 13.0. The third-order valence-electron chi connectivity index (χ3n) is 10.4. The molecule has 0 aliphatic carbocycles. The molecular weight excluding hydrogens is 531 g/mol. The molecule has 44 heavy (non-hydrogen) atoms. The summed E-state index contributed by atoms with van der Waals surface area (Å²) in [4.78, 5) is 0. The molecule has 10 rings (SSSR count). The average Bonchev–Trinajstić information content (AvgIpc) is 3.40. The minimum atomic E-state index is -0.113. The summed E-state index contributed by atoms with van der Waals surface area (Å²) in [5.74, 6) is 0. The molecule has 0 radical (unpaired) electrons. The van der Waals surface area contributed by atoms with E-state index in [9.17, 15) is 0 Å². The quantitative estimate of drug-likeness (QED) is 0.199. The van der Waals surface area contributed by atoms with E-state index >= 15 is 0 Å². The maximum atomic E-state index is 3.90. The van der Waals surface area contributed by atoms with Gasteiger partial charge in [-0.3, -0.25) is 0 Å². The van der Waals surface area contributed by atoms with E-state index in [1.807, 2.05) is 0 Å². The van der Waals surface area contributed by atoms with E-state index < -0.39 is 0 Å². The Morgan fingerprint density at radius 2 is 1.27 bits per heavy atom. The third kappa shape index (κ3) is 3.01. The standard InChI is InChI=1S/C41H29BN2/c1-41(2)32-17-7-8-20-35(32)43-37-28(15-9-18-33(37)41)31-23-25-12-4-6-14-27(25)40-36(31)42-34-19-10-16-29-30-22-21-24-11-3-5-13-26(24)38(30)44(40)39(29)34/h3-23,42-43H,1-2H3. The van der Waals surface area contributed by atoms with Crippen LogP contribution in [0.2, 0.25) is 0 Å². The van der Waals surface area contributed by atoms with E-state index in [1.54, 1.807) is 0 Å². The maximum Gasteiger partial charge on any atom is 0.198 e. The van der Waals surface area contributed by atoms with E-state index in [1.165, 1.54) is 93.6 Å². The molecule has 7 aromatic carbocycles. The fourth-order valence-corrected chi connectivity index (χ4v) is 8.35. The fourth-order valence-electron chi connectivity index (χ4n) is 8.35. The third-order valence-corrected chi connectivity index (χ3v) is 10.4. The molecule has 1 aromatic heterocycles. The monoisotopic (exact) mass is 560 g/mol. The Hall–Kier alpha value is -5.28. The smallest absolute Gasteiger partial charge is 0.198 e. The van der Waals surface area contributed by atoms with Gasteiger partial charge in [-0.05, 0) is 45.1 Å². The molecular formula is C41H29BN2. The van der Waals surface area contributed by atoms with Crippen molar-refractivity contribution >= 4 is 72.9 Å². The lowest BCUT2D eigenvalue weighted by molar-refractivity contribution is 0.638. The number of nitrogens with zero attached hydrogens (tertiary/aromatic N) is 1. The number of para-hydroxylation sites is 3. The largest absolute Gasteiger partial charge is 0.355 e. The van der Waals surface area contributed by atoms with Crippen molar-refractivity contribution in [2.24, 2.45) is 0 Å². The summed E-state index contributed by atoms with van der Waals surface area (Å²) >= 11 is 0. The summed E-state index contributed by atoms with van der Waals surface area (Å²) in [6.07, 6.45) is 0. The first-order chi connectivity index (χ1) is 21.6. The Labute approximate surface area is 256 Å². The van der Waals surface area contributed by atoms with Crippen molar-refractivity contribution in [1.29, 1.82) is 0 Å². The van der Waals surface area contributed by atoms with Gasteiger partial charge in [0.2, 0.25) is 0 Å². The maximum absolute atomic E-state index is 3.90. The van der Waals surface area contributed by atoms with E-state index in [0.717, 1.165) is 7.28 Å². The number of anilines is 2. The Morgan fingerprint density at radius 3 is 2.18 bits per heavy atom. The molecule has 3 heteroatoms. The first-order valence-electron chi connectivity index (χ1n) is 15.6. The van der Waals surface area contributed by atoms with Crippen LogP contribution in [0.15, 0.2) is 127 Å². The molecule has 2 aliphatic heterocycles. The van der Waals surface area contributed by atoms with Crippen molar-refractivity contribution in [1.82, 2.24) is 4.57 Å². The van der Waals surface area contributed by atoms with Crippen LogP contribution in [0.3, 0.4) is 0 Å². The van der Waals surface area contributed by atoms with Gasteiger partial charge in [-0.25, -0.2) is 0 Å². The summed E-state index contributed by atoms with van der Waals surface area (Å²) in [5.41, 5.74) is 14.3. The highest BCUT2D eigenvalue weighted by Crippen LogP contribution is 2.49. The number of hydrogen-bond donors (Lipinski definition) is 1. The summed E-state index contributed by atoms with van der Waals surface area (Å²) < 4.78 is 2.61. The predicted octanol–water partition coefficient (Wildman–Crippen LogP) is 8.84. The van der Waals surface area contributed by atoms with Gasteiger partial charge in [-0.15, -0.1) is 0 Å². The molecule has 0 saturated heterocycles. The summed E-state index contributed by atoms with van der Waals surface area (Å²) in [6.45, 7) is 4.71. The molecule has 0 atom stereocenters. The van der Waals surface area contributed by atoms with E-state index in [2.05, 4.69) is 151 Å². The SMILES string of the molecule is CC1(C)c2ccccc2Nc2c(-c3cc4ccccc4c4c3Bc3cccc5c6ccc7ccccc7c6n-4c35)cccc21. The molecule has 2 aliphatic rings. The van der Waals surface area contributed by atoms with Crippen LogP contribution in [0, 0.1) is 0 Å². The van der Waals surface area contributed by atoms with E-state index in [4.69, 9.17) is 0 Å². The Balaban J connectivity index is 1.36. The van der Waals surface area contributed by atoms with Gasteiger partial charge in [-0.1, -0.05) is 135 Å². The minimum Gasteiger partial charge on any atom is -0.355 e. The lowest BCUT2D eigenvalue weighted by atomic mass is 9.58. The van der Waals surface area contributed by atoms with Crippen LogP contribution in [0.4, 0.5) is 11.4 Å². The molecule has 0 saturated carbocycles. The van der Waals surface area contributed by atoms with Gasteiger partial charge in [-0.2, -0.15) is 0 Å². The fraction of sp³-hybridized carbons (Fsp3) is 0.0732. The molecule has 0 unspecified atom stereocenters. The lowest BCUT2D eigenvalue weighted by Crippen LogP contribution is -2.37. The molecule has 3 heterocycles. The first kappa shape index (κ1) is 24.2. The molecule has 0 bridgehead atoms. The van der Waals surface area contributed by atoms with Gasteiger partial charge in [0.1, 0.15) is 0 Å². The number of nitrogens with one attached hydrogen (secondary N) is 1. The van der Waals surface area contributed by atoms with Gasteiger partial charge < -0.3 is 9.88 Å². The molecule has 0 fully saturated rings. The van der Waals surface area contributed by atoms with Crippen molar-refractivity contribution in [3.05, 3.63) is 139 Å². The zero-order valence-corrected chi connectivity index (χ0v) is 24.8. The van der Waals surface area contributed by atoms with Gasteiger partial charge >= 0.3 is 0 Å². The van der Waals surface area contributed by atoms with Gasteiger partial charge in [0.05, 0.1) is 11.2 Å². The summed E-state index contributed by atoms with van der Waals surface area (Å²) in [6, 6.07) is 47.4. The average molecular weight is 561 g/mol. The molecule has 206 valence electrons. The minimum absolute atomic E-state index is 0.113. The highest BCUT2D eigenvalue weighted by atomic mass is 15.0. The van der Waals surface area contributed by atoms with Crippen LogP contribution < -0.4 is 16.2 Å². The molecule has 8 aromatic rings. The topological polar surface area (TPSA) is 17.0 Å². The molecule has 1 N–H and O–H groups in total. The molecule has 0 spiro atoms. The van der Waals surface area contributed by atoms with Crippen LogP contribution in [-0.2, 0) is 5.41 Å². The van der Waals surface area contributed by atoms with Crippen molar-refractivity contribution in [3.63, 3.8) is 0 Å². The van der Waals surface area contributed by atoms with Crippen LogP contribution in [0.25, 0.3) is 60.2 Å². The molecule has 2 nitrogen and oxygen atoms in total. The highest BCUT2D eigenvalue weighted by molar-refractivity contribution is 6.74. The van der Waals surface area contributed by atoms with Crippen LogP contribution >= 0.6 is 0 Å². The first-order valence-corrected chi connectivity index (χ1v) is 15.6. The Morgan fingerprint density at radius 1 is 0.568 bits per heavy atom. The number of rotatable bonds is 1. The van der Waals surface area contributed by atoms with E-state index in [-0.39, 0.29) is 5.41 Å². The van der Waals surface area contributed by atoms with E-state index in [0.29, 0.717) is 0 Å². The number of benzene rings is 7. The summed E-state index contributed by atoms with van der Waals surface area (Å²) in [7, 11) is 0.894. The number of hydrogen-bond acceptors (Lipinski definition) is 1. The zero-order chi connectivity index (χ0) is 29.2. The Bertz CT molecular complexity index is 2530. The van der Waals surface area contributed by atoms with Crippen LogP contribution in [-0.4, -0.2) is 11.8 Å². The molecule has 0 amide bonds. The second kappa shape index (κ2) is 8.42. The lowest BCUT2D eigenvalue weighted by Gasteiger charge is -2.37. The highest BCUT2D eigenvalue weighted by Gasteiger charge is 2.35. The van der Waals surface area contributed by atoms with Crippen LogP contribution in [0.5, 0.6) is 0 Å². The predicted molar refractivity (Wildman–Crippen MR) is 189 cm³/mol. The zero-order valence-electron chi connectivity index (χ0n) is 24.8. The van der Waals surface area contributed by atoms with Gasteiger partial charge in [0.15, 0.2) is 7.28 Å². The van der Waals surface area contributed by atoms with Crippen molar-refractivity contribution in [3.8, 4) is 16.8 Å². The number of fused-ring (bicyclic) bond motifs is 11. The second-order valence-electron chi connectivity index (χ2n) is 13.0. The summed E-state index contributed by atoms with van der Waals surface area (Å²) in [5, 5.41) is 11.7. The normalized spacial score (nSPS) is 14.2. The number of aromatic nitrogens is 1. The van der Waals surface area contributed by atoms with Gasteiger partial charge in [0, 0.05) is 49.4 Å². The van der Waals surface area contributed by atoms with Crippen LogP contribution in [0.1, 0.15) is 25.0 Å². The van der Waals surface area contributed by atoms with Crippen molar-refractivity contribution in [2.45, 2.75) is 19.3 Å². The Kier molecular flexibility index (Phi) is 4.63. The van der Waals surface area contributed by atoms with Crippen molar-refractivity contribution in [2.75, 3.05) is 5.32 Å². The van der Waals surface area contributed by atoms with Gasteiger partial charge in [0.25, 0.3) is 0 Å². The van der Waals surface area contributed by atoms with Crippen molar-refractivity contribution < 1.29 is 0 Å².